The van der Waals surface area contributed by atoms with Crippen LogP contribution in [0.4, 0.5) is 10.5 Å². The Morgan fingerprint density at radius 3 is 2.36 bits per heavy atom. The van der Waals surface area contributed by atoms with E-state index in [0.717, 1.165) is 42.7 Å². The van der Waals surface area contributed by atoms with Crippen LogP contribution in [0.25, 0.3) is 11.1 Å². The predicted molar refractivity (Wildman–Crippen MR) is 130 cm³/mol. The van der Waals surface area contributed by atoms with Gasteiger partial charge < -0.3 is 15.3 Å². The van der Waals surface area contributed by atoms with Crippen LogP contribution in [0.3, 0.4) is 0 Å². The van der Waals surface area contributed by atoms with Crippen LogP contribution >= 0.6 is 0 Å². The number of urea groups is 1. The zero-order valence-corrected chi connectivity index (χ0v) is 18.7. The molecule has 33 heavy (non-hydrogen) atoms. The number of aliphatic hydroxyl groups excluding tert-OH is 1. The van der Waals surface area contributed by atoms with Crippen molar-refractivity contribution in [3.8, 4) is 11.1 Å². The molecular weight excluding hydrogens is 412 g/mol. The number of rotatable bonds is 4. The second-order valence-corrected chi connectivity index (χ2v) is 8.89. The second kappa shape index (κ2) is 9.73. The number of aromatic nitrogens is 1. The number of amides is 2. The fraction of sp³-hybridized carbons (Fsp3) is 0.333. The van der Waals surface area contributed by atoms with E-state index in [4.69, 9.17) is 0 Å². The number of para-hydroxylation sites is 1. The first kappa shape index (κ1) is 21.6. The molecule has 2 saturated heterocycles. The molecule has 6 nitrogen and oxygen atoms in total. The normalized spacial score (nSPS) is 23.1. The van der Waals surface area contributed by atoms with Gasteiger partial charge in [-0.1, -0.05) is 42.5 Å². The Labute approximate surface area is 194 Å². The Kier molecular flexibility index (Phi) is 6.37. The molecule has 1 aromatic heterocycles. The van der Waals surface area contributed by atoms with E-state index in [1.807, 2.05) is 47.4 Å². The van der Waals surface area contributed by atoms with Crippen LogP contribution in [0, 0.1) is 0 Å². The molecule has 2 aromatic carbocycles. The SMILES string of the molecule is O=C(Nc1ccccc1)N1CCCCN2[C@H](C1)[C@H](c1ccc(-c3ccncc3)cc1)[C@@H]2CO. The number of benzene rings is 2. The minimum atomic E-state index is -0.0534. The van der Waals surface area contributed by atoms with Crippen molar-refractivity contribution in [2.24, 2.45) is 0 Å². The second-order valence-electron chi connectivity index (χ2n) is 8.89. The van der Waals surface area contributed by atoms with Gasteiger partial charge in [0.25, 0.3) is 0 Å². The molecule has 0 unspecified atom stereocenters. The van der Waals surface area contributed by atoms with Crippen LogP contribution in [0.1, 0.15) is 24.3 Å². The lowest BCUT2D eigenvalue weighted by Gasteiger charge is -2.57. The average Bonchev–Trinajstić information content (AvgIpc) is 2.84. The number of nitrogens with zero attached hydrogens (tertiary/aromatic N) is 3. The largest absolute Gasteiger partial charge is 0.395 e. The van der Waals surface area contributed by atoms with E-state index in [1.54, 1.807) is 12.4 Å². The van der Waals surface area contributed by atoms with E-state index < -0.39 is 0 Å². The highest BCUT2D eigenvalue weighted by atomic mass is 16.3. The lowest BCUT2D eigenvalue weighted by Crippen LogP contribution is -2.68. The van der Waals surface area contributed by atoms with Crippen molar-refractivity contribution in [2.45, 2.75) is 30.8 Å². The van der Waals surface area contributed by atoms with Crippen molar-refractivity contribution in [1.82, 2.24) is 14.8 Å². The molecule has 2 amide bonds. The molecule has 3 aromatic rings. The Morgan fingerprint density at radius 1 is 0.939 bits per heavy atom. The van der Waals surface area contributed by atoms with Crippen molar-refractivity contribution in [2.75, 3.05) is 31.6 Å². The van der Waals surface area contributed by atoms with Crippen LogP contribution in [0.15, 0.2) is 79.1 Å². The minimum absolute atomic E-state index is 0.0534. The van der Waals surface area contributed by atoms with Gasteiger partial charge in [-0.05, 0) is 60.3 Å². The third kappa shape index (κ3) is 4.49. The predicted octanol–water partition coefficient (Wildman–Crippen LogP) is 4.21. The molecule has 2 N–H and O–H groups in total. The molecular formula is C27H30N4O2. The standard InChI is InChI=1S/C27H30N4O2/c32-19-25-26(22-10-8-20(9-11-22)21-12-14-28-15-13-21)24-18-30(16-4-5-17-31(24)25)27(33)29-23-6-2-1-3-7-23/h1-3,6-15,24-26,32H,4-5,16-19H2,(H,29,33)/t24-,25+,26+/m1/s1. The molecule has 170 valence electrons. The van der Waals surface area contributed by atoms with Gasteiger partial charge in [0, 0.05) is 49.2 Å². The van der Waals surface area contributed by atoms with Crippen molar-refractivity contribution in [3.05, 3.63) is 84.7 Å². The summed E-state index contributed by atoms with van der Waals surface area (Å²) in [6.07, 6.45) is 5.60. The first-order valence-corrected chi connectivity index (χ1v) is 11.7. The number of hydrogen-bond acceptors (Lipinski definition) is 4. The third-order valence-electron chi connectivity index (χ3n) is 6.99. The number of fused-ring (bicyclic) bond motifs is 1. The van der Waals surface area contributed by atoms with Gasteiger partial charge in [-0.2, -0.15) is 0 Å². The van der Waals surface area contributed by atoms with Crippen molar-refractivity contribution < 1.29 is 9.90 Å². The van der Waals surface area contributed by atoms with Gasteiger partial charge in [0.2, 0.25) is 0 Å². The van der Waals surface area contributed by atoms with E-state index in [-0.39, 0.29) is 30.6 Å². The molecule has 0 bridgehead atoms. The summed E-state index contributed by atoms with van der Waals surface area (Å²) in [5.41, 5.74) is 4.32. The lowest BCUT2D eigenvalue weighted by molar-refractivity contribution is -0.0585. The Morgan fingerprint density at radius 2 is 1.64 bits per heavy atom. The lowest BCUT2D eigenvalue weighted by atomic mass is 9.74. The smallest absolute Gasteiger partial charge is 0.321 e. The molecule has 2 aliphatic rings. The minimum Gasteiger partial charge on any atom is -0.395 e. The van der Waals surface area contributed by atoms with Gasteiger partial charge in [-0.15, -0.1) is 0 Å². The van der Waals surface area contributed by atoms with Gasteiger partial charge in [0.15, 0.2) is 0 Å². The molecule has 5 rings (SSSR count). The van der Waals surface area contributed by atoms with E-state index in [0.29, 0.717) is 6.54 Å². The zero-order valence-electron chi connectivity index (χ0n) is 18.7. The maximum absolute atomic E-state index is 13.0. The number of nitrogens with one attached hydrogen (secondary N) is 1. The monoisotopic (exact) mass is 442 g/mol. The van der Waals surface area contributed by atoms with E-state index in [1.165, 1.54) is 5.56 Å². The summed E-state index contributed by atoms with van der Waals surface area (Å²) in [5.74, 6) is 0.201. The average molecular weight is 443 g/mol. The summed E-state index contributed by atoms with van der Waals surface area (Å²) in [5, 5.41) is 13.2. The zero-order chi connectivity index (χ0) is 22.6. The summed E-state index contributed by atoms with van der Waals surface area (Å²) in [4.78, 5) is 21.5. The maximum Gasteiger partial charge on any atom is 0.321 e. The summed E-state index contributed by atoms with van der Waals surface area (Å²) in [6.45, 7) is 2.51. The molecule has 0 radical (unpaired) electrons. The quantitative estimate of drug-likeness (QED) is 0.635. The first-order valence-electron chi connectivity index (χ1n) is 11.7. The van der Waals surface area contributed by atoms with E-state index in [2.05, 4.69) is 39.5 Å². The molecule has 2 fully saturated rings. The van der Waals surface area contributed by atoms with E-state index in [9.17, 15) is 9.90 Å². The fourth-order valence-electron chi connectivity index (χ4n) is 5.29. The molecule has 0 spiro atoms. The maximum atomic E-state index is 13.0. The molecule has 0 saturated carbocycles. The Hall–Kier alpha value is -3.22. The number of carbonyl (C=O) groups is 1. The first-order chi connectivity index (χ1) is 16.2. The van der Waals surface area contributed by atoms with Crippen LogP contribution in [0.5, 0.6) is 0 Å². The molecule has 3 atom stereocenters. The number of hydrogen-bond donors (Lipinski definition) is 2. The Bertz CT molecular complexity index is 1060. The highest BCUT2D eigenvalue weighted by Gasteiger charge is 2.49. The van der Waals surface area contributed by atoms with E-state index >= 15 is 0 Å². The molecule has 3 heterocycles. The summed E-state index contributed by atoms with van der Waals surface area (Å²) < 4.78 is 0. The molecule has 0 aliphatic carbocycles. The van der Waals surface area contributed by atoms with Crippen molar-refractivity contribution in [3.63, 3.8) is 0 Å². The number of carbonyl (C=O) groups excluding carboxylic acids is 1. The van der Waals surface area contributed by atoms with Crippen molar-refractivity contribution in [1.29, 1.82) is 0 Å². The van der Waals surface area contributed by atoms with Gasteiger partial charge in [0.1, 0.15) is 0 Å². The van der Waals surface area contributed by atoms with Crippen LogP contribution in [-0.4, -0.2) is 64.2 Å². The van der Waals surface area contributed by atoms with Crippen molar-refractivity contribution >= 4 is 11.7 Å². The topological polar surface area (TPSA) is 68.7 Å². The van der Waals surface area contributed by atoms with Gasteiger partial charge in [-0.3, -0.25) is 9.88 Å². The van der Waals surface area contributed by atoms with Gasteiger partial charge >= 0.3 is 6.03 Å². The van der Waals surface area contributed by atoms with Gasteiger partial charge in [0.05, 0.1) is 6.61 Å². The highest BCUT2D eigenvalue weighted by Crippen LogP contribution is 2.42. The third-order valence-corrected chi connectivity index (χ3v) is 6.99. The Balaban J connectivity index is 1.35. The summed E-state index contributed by atoms with van der Waals surface area (Å²) in [7, 11) is 0. The summed E-state index contributed by atoms with van der Waals surface area (Å²) >= 11 is 0. The fourth-order valence-corrected chi connectivity index (χ4v) is 5.29. The van der Waals surface area contributed by atoms with Crippen LogP contribution in [0.2, 0.25) is 0 Å². The van der Waals surface area contributed by atoms with Gasteiger partial charge in [-0.25, -0.2) is 4.79 Å². The highest BCUT2D eigenvalue weighted by molar-refractivity contribution is 5.89. The summed E-state index contributed by atoms with van der Waals surface area (Å²) in [6, 6.07) is 22.5. The van der Waals surface area contributed by atoms with Crippen LogP contribution < -0.4 is 5.32 Å². The number of pyridine rings is 1. The molecule has 6 heteroatoms. The molecule has 2 aliphatic heterocycles. The van der Waals surface area contributed by atoms with Crippen LogP contribution in [-0.2, 0) is 0 Å². The number of anilines is 1. The number of aliphatic hydroxyl groups is 1.